The Morgan fingerprint density at radius 1 is 1.19 bits per heavy atom. The van der Waals surface area contributed by atoms with Crippen molar-refractivity contribution in [3.63, 3.8) is 0 Å². The maximum absolute atomic E-state index is 6.15. The van der Waals surface area contributed by atoms with Gasteiger partial charge in [-0.15, -0.1) is 0 Å². The van der Waals surface area contributed by atoms with Gasteiger partial charge in [-0.25, -0.2) is 0 Å². The zero-order valence-corrected chi connectivity index (χ0v) is 14.6. The summed E-state index contributed by atoms with van der Waals surface area (Å²) in [5, 5.41) is 4.00. The molecule has 0 spiro atoms. The molecule has 0 aliphatic heterocycles. The van der Waals surface area contributed by atoms with Crippen LogP contribution in [0.1, 0.15) is 24.5 Å². The van der Waals surface area contributed by atoms with Gasteiger partial charge in [0.1, 0.15) is 11.5 Å². The third-order valence-electron chi connectivity index (χ3n) is 3.08. The van der Waals surface area contributed by atoms with E-state index in [1.165, 1.54) is 5.56 Å². The number of rotatable bonds is 6. The van der Waals surface area contributed by atoms with Gasteiger partial charge in [0, 0.05) is 11.0 Å². The van der Waals surface area contributed by atoms with Crippen molar-refractivity contribution in [1.82, 2.24) is 5.32 Å². The van der Waals surface area contributed by atoms with E-state index in [1.54, 1.807) is 0 Å². The number of aryl methyl sites for hydroxylation is 1. The second kappa shape index (κ2) is 7.83. The van der Waals surface area contributed by atoms with Gasteiger partial charge in [0.25, 0.3) is 0 Å². The molecule has 0 heterocycles. The quantitative estimate of drug-likeness (QED) is 0.660. The number of halogens is 2. The first-order valence-corrected chi connectivity index (χ1v) is 8.20. The van der Waals surface area contributed by atoms with Crippen molar-refractivity contribution < 1.29 is 4.74 Å². The van der Waals surface area contributed by atoms with Gasteiger partial charge in [-0.3, -0.25) is 0 Å². The molecular formula is C17H19BrClNO. The predicted octanol–water partition coefficient (Wildman–Crippen LogP) is 5.70. The third kappa shape index (κ3) is 4.73. The highest BCUT2D eigenvalue weighted by Gasteiger charge is 2.06. The molecule has 0 saturated heterocycles. The van der Waals surface area contributed by atoms with Crippen molar-refractivity contribution in [3.05, 3.63) is 57.0 Å². The Kier molecular flexibility index (Phi) is 6.09. The molecule has 0 amide bonds. The number of ether oxygens (including phenoxy) is 1. The summed E-state index contributed by atoms with van der Waals surface area (Å²) in [4.78, 5) is 0. The minimum atomic E-state index is 0.616. The van der Waals surface area contributed by atoms with Gasteiger partial charge in [-0.2, -0.15) is 0 Å². The molecule has 4 heteroatoms. The highest BCUT2D eigenvalue weighted by molar-refractivity contribution is 9.10. The standard InChI is InChI=1S/C17H19BrClNO/c1-3-8-20-11-13-5-6-14(10-15(13)18)21-17-9-12(2)4-7-16(17)19/h4-7,9-10,20H,3,8,11H2,1-2H3. The van der Waals surface area contributed by atoms with Gasteiger partial charge >= 0.3 is 0 Å². The second-order valence-corrected chi connectivity index (χ2v) is 6.23. The molecule has 2 nitrogen and oxygen atoms in total. The summed E-state index contributed by atoms with van der Waals surface area (Å²) < 4.78 is 6.90. The van der Waals surface area contributed by atoms with E-state index >= 15 is 0 Å². The molecule has 1 N–H and O–H groups in total. The predicted molar refractivity (Wildman–Crippen MR) is 92.4 cm³/mol. The first-order valence-electron chi connectivity index (χ1n) is 7.03. The van der Waals surface area contributed by atoms with Crippen LogP contribution < -0.4 is 10.1 Å². The van der Waals surface area contributed by atoms with Crippen LogP contribution in [0, 0.1) is 6.92 Å². The molecule has 2 aromatic carbocycles. The van der Waals surface area contributed by atoms with Crippen LogP contribution in [-0.2, 0) is 6.54 Å². The van der Waals surface area contributed by atoms with Crippen LogP contribution in [-0.4, -0.2) is 6.54 Å². The number of hydrogen-bond donors (Lipinski definition) is 1. The second-order valence-electron chi connectivity index (χ2n) is 4.97. The van der Waals surface area contributed by atoms with Crippen LogP contribution in [0.3, 0.4) is 0 Å². The van der Waals surface area contributed by atoms with Crippen molar-refractivity contribution in [3.8, 4) is 11.5 Å². The molecule has 0 radical (unpaired) electrons. The number of benzene rings is 2. The van der Waals surface area contributed by atoms with Crippen LogP contribution in [0.15, 0.2) is 40.9 Å². The van der Waals surface area contributed by atoms with E-state index in [1.807, 2.05) is 37.3 Å². The molecule has 2 rings (SSSR count). The van der Waals surface area contributed by atoms with E-state index in [0.29, 0.717) is 10.8 Å². The van der Waals surface area contributed by atoms with Crippen LogP contribution in [0.25, 0.3) is 0 Å². The van der Waals surface area contributed by atoms with Crippen LogP contribution in [0.4, 0.5) is 0 Å². The van der Waals surface area contributed by atoms with Crippen LogP contribution in [0.2, 0.25) is 5.02 Å². The molecule has 0 fully saturated rings. The zero-order valence-electron chi connectivity index (χ0n) is 12.2. The zero-order chi connectivity index (χ0) is 15.2. The molecule has 112 valence electrons. The fraction of sp³-hybridized carbons (Fsp3) is 0.294. The van der Waals surface area contributed by atoms with Gasteiger partial charge in [-0.05, 0) is 55.3 Å². The third-order valence-corrected chi connectivity index (χ3v) is 4.13. The Morgan fingerprint density at radius 2 is 2.00 bits per heavy atom. The van der Waals surface area contributed by atoms with E-state index in [9.17, 15) is 0 Å². The van der Waals surface area contributed by atoms with Crippen molar-refractivity contribution in [2.45, 2.75) is 26.8 Å². The fourth-order valence-electron chi connectivity index (χ4n) is 1.95. The maximum Gasteiger partial charge on any atom is 0.146 e. The highest BCUT2D eigenvalue weighted by atomic mass is 79.9. The number of hydrogen-bond acceptors (Lipinski definition) is 2. The summed E-state index contributed by atoms with van der Waals surface area (Å²) in [5.41, 5.74) is 2.33. The van der Waals surface area contributed by atoms with Crippen LogP contribution >= 0.6 is 27.5 Å². The Hall–Kier alpha value is -1.03. The molecule has 2 aromatic rings. The average molecular weight is 369 g/mol. The Morgan fingerprint density at radius 3 is 2.71 bits per heavy atom. The van der Waals surface area contributed by atoms with E-state index in [0.717, 1.165) is 35.3 Å². The van der Waals surface area contributed by atoms with Gasteiger partial charge in [0.2, 0.25) is 0 Å². The summed E-state index contributed by atoms with van der Waals surface area (Å²) in [6, 6.07) is 11.8. The fourth-order valence-corrected chi connectivity index (χ4v) is 2.60. The van der Waals surface area contributed by atoms with Gasteiger partial charge < -0.3 is 10.1 Å². The lowest BCUT2D eigenvalue weighted by molar-refractivity contribution is 0.482. The van der Waals surface area contributed by atoms with E-state index in [4.69, 9.17) is 16.3 Å². The Labute approximate surface area is 139 Å². The average Bonchev–Trinajstić information content (AvgIpc) is 2.45. The van der Waals surface area contributed by atoms with E-state index in [-0.39, 0.29) is 0 Å². The lowest BCUT2D eigenvalue weighted by Crippen LogP contribution is -2.14. The summed E-state index contributed by atoms with van der Waals surface area (Å²) in [7, 11) is 0. The van der Waals surface area contributed by atoms with Crippen molar-refractivity contribution in [2.24, 2.45) is 0 Å². The summed E-state index contributed by atoms with van der Waals surface area (Å²) in [6.07, 6.45) is 1.13. The molecule has 0 atom stereocenters. The molecule has 0 bridgehead atoms. The maximum atomic E-state index is 6.15. The molecule has 0 aliphatic rings. The molecule has 0 unspecified atom stereocenters. The Bertz CT molecular complexity index is 616. The molecule has 0 saturated carbocycles. The van der Waals surface area contributed by atoms with Crippen LogP contribution in [0.5, 0.6) is 11.5 Å². The van der Waals surface area contributed by atoms with Crippen molar-refractivity contribution in [1.29, 1.82) is 0 Å². The van der Waals surface area contributed by atoms with Gasteiger partial charge in [0.15, 0.2) is 0 Å². The molecule has 21 heavy (non-hydrogen) atoms. The molecule has 0 aromatic heterocycles. The smallest absolute Gasteiger partial charge is 0.146 e. The van der Waals surface area contributed by atoms with Crippen molar-refractivity contribution in [2.75, 3.05) is 6.54 Å². The SMILES string of the molecule is CCCNCc1ccc(Oc2cc(C)ccc2Cl)cc1Br. The Balaban J connectivity index is 2.11. The molecular weight excluding hydrogens is 350 g/mol. The normalized spacial score (nSPS) is 10.7. The summed E-state index contributed by atoms with van der Waals surface area (Å²) >= 11 is 9.75. The minimum Gasteiger partial charge on any atom is -0.456 e. The van der Waals surface area contributed by atoms with Crippen molar-refractivity contribution >= 4 is 27.5 Å². The van der Waals surface area contributed by atoms with E-state index < -0.39 is 0 Å². The first-order chi connectivity index (χ1) is 10.1. The summed E-state index contributed by atoms with van der Waals surface area (Å²) in [6.45, 7) is 6.04. The molecule has 0 aliphatic carbocycles. The monoisotopic (exact) mass is 367 g/mol. The first kappa shape index (κ1) is 16.3. The topological polar surface area (TPSA) is 21.3 Å². The van der Waals surface area contributed by atoms with Gasteiger partial charge in [-0.1, -0.05) is 46.6 Å². The number of nitrogens with one attached hydrogen (secondary N) is 1. The van der Waals surface area contributed by atoms with Gasteiger partial charge in [0.05, 0.1) is 5.02 Å². The lowest BCUT2D eigenvalue weighted by atomic mass is 10.2. The highest BCUT2D eigenvalue weighted by Crippen LogP contribution is 2.32. The summed E-state index contributed by atoms with van der Waals surface area (Å²) in [5.74, 6) is 1.45. The minimum absolute atomic E-state index is 0.616. The largest absolute Gasteiger partial charge is 0.456 e. The lowest BCUT2D eigenvalue weighted by Gasteiger charge is -2.11. The van der Waals surface area contributed by atoms with E-state index in [2.05, 4.69) is 34.2 Å².